The minimum absolute atomic E-state index is 0.206. The third-order valence-corrected chi connectivity index (χ3v) is 6.67. The number of carbonyl (C=O) groups is 1. The molecule has 0 bridgehead atoms. The van der Waals surface area contributed by atoms with E-state index in [1.165, 1.54) is 17.2 Å². The van der Waals surface area contributed by atoms with Crippen LogP contribution >= 0.6 is 0 Å². The number of aliphatic hydroxyl groups is 1. The van der Waals surface area contributed by atoms with Gasteiger partial charge in [0.1, 0.15) is 23.7 Å². The highest BCUT2D eigenvalue weighted by Gasteiger charge is 2.64. The number of rotatable bonds is 3. The number of carbonyl (C=O) groups excluding carboxylic acids is 1. The van der Waals surface area contributed by atoms with Crippen LogP contribution in [0.25, 0.3) is 0 Å². The second-order valence-electron chi connectivity index (χ2n) is 7.93. The molecule has 1 amide bonds. The normalized spacial score (nSPS) is 34.8. The van der Waals surface area contributed by atoms with Crippen LogP contribution in [0.5, 0.6) is 5.88 Å². The van der Waals surface area contributed by atoms with Gasteiger partial charge in [-0.05, 0) is 48.0 Å². The van der Waals surface area contributed by atoms with Gasteiger partial charge in [-0.25, -0.2) is 9.18 Å². The van der Waals surface area contributed by atoms with Gasteiger partial charge in [-0.1, -0.05) is 0 Å². The summed E-state index contributed by atoms with van der Waals surface area (Å²) in [5.41, 5.74) is 1.49. The van der Waals surface area contributed by atoms with E-state index < -0.39 is 17.9 Å². The number of piperidine rings is 1. The molecule has 4 heterocycles. The molecule has 2 aromatic rings. The third kappa shape index (κ3) is 1.87. The van der Waals surface area contributed by atoms with Gasteiger partial charge in [0.25, 0.3) is 5.88 Å². The minimum Gasteiger partial charge on any atom is -0.425 e. The van der Waals surface area contributed by atoms with E-state index in [1.54, 1.807) is 19.1 Å². The van der Waals surface area contributed by atoms with Crippen molar-refractivity contribution in [3.05, 3.63) is 35.8 Å². The Morgan fingerprint density at radius 1 is 1.32 bits per heavy atom. The van der Waals surface area contributed by atoms with Crippen LogP contribution < -0.4 is 14.5 Å². The molecule has 2 saturated heterocycles. The first-order valence-corrected chi connectivity index (χ1v) is 9.35. The topological polar surface area (TPSA) is 88.3 Å². The zero-order chi connectivity index (χ0) is 19.2. The number of halogens is 1. The lowest BCUT2D eigenvalue weighted by atomic mass is 9.97. The third-order valence-electron chi connectivity index (χ3n) is 6.67. The maximum Gasteiger partial charge on any atom is 0.418 e. The average Bonchev–Trinajstić information content (AvgIpc) is 2.98. The fraction of sp³-hybridized carbons (Fsp3) is 0.474. The van der Waals surface area contributed by atoms with Crippen molar-refractivity contribution >= 4 is 17.5 Å². The first kappa shape index (κ1) is 16.2. The number of amides is 1. The molecule has 1 aromatic carbocycles. The van der Waals surface area contributed by atoms with Crippen LogP contribution in [-0.2, 0) is 10.5 Å². The number of nitrogens with zero attached hydrogens (tertiary/aromatic N) is 3. The van der Waals surface area contributed by atoms with E-state index in [1.807, 2.05) is 4.90 Å². The lowest BCUT2D eigenvalue weighted by Gasteiger charge is -2.37. The maximum absolute atomic E-state index is 14.9. The molecule has 1 aliphatic carbocycles. The van der Waals surface area contributed by atoms with Gasteiger partial charge < -0.3 is 24.0 Å². The Labute approximate surface area is 159 Å². The summed E-state index contributed by atoms with van der Waals surface area (Å²) in [6.45, 7) is 3.48. The predicted molar refractivity (Wildman–Crippen MR) is 93.4 cm³/mol. The fourth-order valence-corrected chi connectivity index (χ4v) is 5.01. The van der Waals surface area contributed by atoms with Crippen molar-refractivity contribution < 1.29 is 28.3 Å². The number of hydrogen-bond acceptors (Lipinski definition) is 7. The van der Waals surface area contributed by atoms with Crippen LogP contribution in [0, 0.1) is 23.6 Å². The first-order valence-electron chi connectivity index (χ1n) is 9.35. The van der Waals surface area contributed by atoms with E-state index >= 15 is 0 Å². The Morgan fingerprint density at radius 3 is 2.79 bits per heavy atom. The van der Waals surface area contributed by atoms with Crippen molar-refractivity contribution in [3.8, 4) is 5.88 Å². The van der Waals surface area contributed by atoms with Crippen LogP contribution in [0.3, 0.4) is 0 Å². The molecule has 3 aliphatic heterocycles. The van der Waals surface area contributed by atoms with Gasteiger partial charge in [0, 0.05) is 19.7 Å². The molecular formula is C19H18FN3O5. The van der Waals surface area contributed by atoms with Gasteiger partial charge in [-0.15, -0.1) is 0 Å². The highest BCUT2D eigenvalue weighted by atomic mass is 19.1. The van der Waals surface area contributed by atoms with E-state index in [9.17, 15) is 14.3 Å². The summed E-state index contributed by atoms with van der Waals surface area (Å²) in [6, 6.07) is 4.26. The van der Waals surface area contributed by atoms with Crippen LogP contribution in [0.2, 0.25) is 0 Å². The number of hydrogen-bond donors (Lipinski definition) is 1. The summed E-state index contributed by atoms with van der Waals surface area (Å²) < 4.78 is 30.8. The van der Waals surface area contributed by atoms with Crippen molar-refractivity contribution in [1.29, 1.82) is 0 Å². The van der Waals surface area contributed by atoms with Gasteiger partial charge in [-0.3, -0.25) is 4.90 Å². The molecule has 0 radical (unpaired) electrons. The van der Waals surface area contributed by atoms with E-state index in [4.69, 9.17) is 14.0 Å². The second kappa shape index (κ2) is 5.16. The molecule has 1 saturated carbocycles. The van der Waals surface area contributed by atoms with Crippen molar-refractivity contribution in [3.63, 3.8) is 0 Å². The minimum atomic E-state index is -1.27. The zero-order valence-electron chi connectivity index (χ0n) is 15.0. The van der Waals surface area contributed by atoms with Crippen LogP contribution in [0.1, 0.15) is 12.5 Å². The van der Waals surface area contributed by atoms with Gasteiger partial charge in [0.15, 0.2) is 0 Å². The summed E-state index contributed by atoms with van der Waals surface area (Å²) >= 11 is 0. The predicted octanol–water partition coefficient (Wildman–Crippen LogP) is 2.08. The van der Waals surface area contributed by atoms with Gasteiger partial charge in [0.2, 0.25) is 0 Å². The lowest BCUT2D eigenvalue weighted by molar-refractivity contribution is -0.170. The molecule has 8 nitrogen and oxygen atoms in total. The molecule has 1 spiro atoms. The molecule has 5 atom stereocenters. The lowest BCUT2D eigenvalue weighted by Crippen LogP contribution is -2.51. The highest BCUT2D eigenvalue weighted by Crippen LogP contribution is 2.53. The Bertz CT molecular complexity index is 984. The van der Waals surface area contributed by atoms with Crippen LogP contribution in [0.15, 0.2) is 29.0 Å². The molecule has 28 heavy (non-hydrogen) atoms. The number of anilines is 2. The molecule has 9 heteroatoms. The average molecular weight is 387 g/mol. The van der Waals surface area contributed by atoms with Crippen molar-refractivity contribution in [1.82, 2.24) is 5.16 Å². The van der Waals surface area contributed by atoms with Crippen molar-refractivity contribution in [2.45, 2.75) is 18.8 Å². The summed E-state index contributed by atoms with van der Waals surface area (Å²) in [5.74, 6) is -0.0916. The number of ether oxygens (including phenoxy) is 2. The van der Waals surface area contributed by atoms with Crippen LogP contribution in [-0.4, -0.2) is 42.1 Å². The van der Waals surface area contributed by atoms with E-state index in [-0.39, 0.29) is 12.4 Å². The standard InChI is InChI=1S/C19H18FN3O5/c1-9-19(14-8-26-21-17(14)27-19)28-18(25)23(9)10-2-3-16(15(20)4-10)22-5-11-12(6-22)13(11)7-24/h2-4,8-9,11-13,24H,5-7H2,1H3/t9?,11-,12+,13?,19-/m0/s1. The molecule has 3 fully saturated rings. The summed E-state index contributed by atoms with van der Waals surface area (Å²) in [6.07, 6.45) is 0.786. The molecule has 146 valence electrons. The molecule has 4 aliphatic rings. The number of aliphatic hydroxyl groups excluding tert-OH is 1. The molecule has 6 rings (SSSR count). The number of aromatic nitrogens is 1. The largest absolute Gasteiger partial charge is 0.425 e. The zero-order valence-corrected chi connectivity index (χ0v) is 15.0. The fourth-order valence-electron chi connectivity index (χ4n) is 5.01. The number of benzene rings is 1. The smallest absolute Gasteiger partial charge is 0.418 e. The Morgan fingerprint density at radius 2 is 2.11 bits per heavy atom. The van der Waals surface area contributed by atoms with Gasteiger partial charge in [-0.2, -0.15) is 0 Å². The summed E-state index contributed by atoms with van der Waals surface area (Å²) in [4.78, 5) is 15.9. The highest BCUT2D eigenvalue weighted by molar-refractivity contribution is 5.92. The Kier molecular flexibility index (Phi) is 2.98. The quantitative estimate of drug-likeness (QED) is 0.863. The van der Waals surface area contributed by atoms with E-state index in [0.29, 0.717) is 40.6 Å². The summed E-state index contributed by atoms with van der Waals surface area (Å²) in [7, 11) is 0. The first-order chi connectivity index (χ1) is 13.5. The van der Waals surface area contributed by atoms with Gasteiger partial charge >= 0.3 is 11.9 Å². The molecule has 2 unspecified atom stereocenters. The van der Waals surface area contributed by atoms with Crippen molar-refractivity contribution in [2.24, 2.45) is 17.8 Å². The monoisotopic (exact) mass is 387 g/mol. The number of fused-ring (bicyclic) bond motifs is 3. The van der Waals surface area contributed by atoms with E-state index in [0.717, 1.165) is 13.1 Å². The van der Waals surface area contributed by atoms with Crippen molar-refractivity contribution in [2.75, 3.05) is 29.5 Å². The summed E-state index contributed by atoms with van der Waals surface area (Å²) in [5, 5.41) is 13.0. The van der Waals surface area contributed by atoms with E-state index in [2.05, 4.69) is 5.16 Å². The SMILES string of the molecule is CC1N(c2ccc(N3C[C@@H]4C(CO)[C@@H]4C3)c(F)c2)C(=O)O[C@@]12Oc1nocc12. The molecular weight excluding hydrogens is 369 g/mol. The Balaban J connectivity index is 1.26. The van der Waals surface area contributed by atoms with Gasteiger partial charge in [0.05, 0.1) is 11.4 Å². The van der Waals surface area contributed by atoms with Crippen LogP contribution in [0.4, 0.5) is 20.6 Å². The molecule has 1 aromatic heterocycles. The second-order valence-corrected chi connectivity index (χ2v) is 7.93. The Hall–Kier alpha value is -2.81. The molecule has 1 N–H and O–H groups in total. The maximum atomic E-state index is 14.9.